The van der Waals surface area contributed by atoms with Gasteiger partial charge in [-0.05, 0) is 20.3 Å². The minimum absolute atomic E-state index is 0.0739. The van der Waals surface area contributed by atoms with E-state index < -0.39 is 5.41 Å². The highest BCUT2D eigenvalue weighted by atomic mass is 16.5. The first-order valence-electron chi connectivity index (χ1n) is 6.19. The largest absolute Gasteiger partial charge is 0.381 e. The second-order valence-electron chi connectivity index (χ2n) is 4.74. The van der Waals surface area contributed by atoms with Crippen molar-refractivity contribution in [2.45, 2.75) is 39.7 Å². The molecular weight excluding hydrogens is 212 g/mol. The number of rotatable bonds is 6. The summed E-state index contributed by atoms with van der Waals surface area (Å²) in [6.07, 6.45) is 1.74. The van der Waals surface area contributed by atoms with Crippen LogP contribution in [0.25, 0.3) is 0 Å². The van der Waals surface area contributed by atoms with Crippen molar-refractivity contribution in [3.8, 4) is 0 Å². The van der Waals surface area contributed by atoms with Gasteiger partial charge in [0.1, 0.15) is 0 Å². The molecule has 0 bridgehead atoms. The predicted molar refractivity (Wildman–Crippen MR) is 70.3 cm³/mol. The zero-order valence-corrected chi connectivity index (χ0v) is 11.2. The van der Waals surface area contributed by atoms with Gasteiger partial charge in [-0.1, -0.05) is 43.7 Å². The molecular formula is C15H22O2. The smallest absolute Gasteiger partial charge is 0.171 e. The van der Waals surface area contributed by atoms with Crippen LogP contribution in [0.5, 0.6) is 0 Å². The quantitative estimate of drug-likeness (QED) is 0.701. The Balaban J connectivity index is 3.03. The molecule has 0 spiro atoms. The third kappa shape index (κ3) is 2.95. The minimum Gasteiger partial charge on any atom is -0.381 e. The lowest BCUT2D eigenvalue weighted by atomic mass is 9.74. The number of carbonyl (C=O) groups excluding carboxylic acids is 1. The summed E-state index contributed by atoms with van der Waals surface area (Å²) in [7, 11) is 1.66. The Bertz CT molecular complexity index is 358. The van der Waals surface area contributed by atoms with Crippen molar-refractivity contribution in [2.24, 2.45) is 5.41 Å². The maximum Gasteiger partial charge on any atom is 0.171 e. The molecule has 1 rings (SSSR count). The highest BCUT2D eigenvalue weighted by Crippen LogP contribution is 2.33. The van der Waals surface area contributed by atoms with Gasteiger partial charge in [0.15, 0.2) is 5.78 Å². The molecule has 0 amide bonds. The lowest BCUT2D eigenvalue weighted by Gasteiger charge is -2.33. The zero-order chi connectivity index (χ0) is 12.9. The average Bonchev–Trinajstić information content (AvgIpc) is 2.38. The van der Waals surface area contributed by atoms with Crippen molar-refractivity contribution in [1.29, 1.82) is 0 Å². The van der Waals surface area contributed by atoms with E-state index >= 15 is 0 Å². The van der Waals surface area contributed by atoms with Gasteiger partial charge in [0.2, 0.25) is 0 Å². The summed E-state index contributed by atoms with van der Waals surface area (Å²) >= 11 is 0. The van der Waals surface area contributed by atoms with Gasteiger partial charge in [-0.25, -0.2) is 0 Å². The summed E-state index contributed by atoms with van der Waals surface area (Å²) in [5.74, 6) is 0.175. The Labute approximate surface area is 104 Å². The van der Waals surface area contributed by atoms with Crippen LogP contribution in [-0.2, 0) is 4.74 Å². The summed E-state index contributed by atoms with van der Waals surface area (Å²) < 4.78 is 5.39. The summed E-state index contributed by atoms with van der Waals surface area (Å²) in [4.78, 5) is 12.6. The molecule has 0 saturated carbocycles. The third-order valence-corrected chi connectivity index (χ3v) is 3.57. The van der Waals surface area contributed by atoms with Crippen LogP contribution < -0.4 is 0 Å². The second kappa shape index (κ2) is 5.97. The molecule has 17 heavy (non-hydrogen) atoms. The molecule has 2 unspecified atom stereocenters. The van der Waals surface area contributed by atoms with Crippen molar-refractivity contribution in [3.63, 3.8) is 0 Å². The van der Waals surface area contributed by atoms with E-state index in [2.05, 4.69) is 6.92 Å². The Morgan fingerprint density at radius 3 is 2.41 bits per heavy atom. The Morgan fingerprint density at radius 1 is 1.35 bits per heavy atom. The van der Waals surface area contributed by atoms with E-state index in [1.54, 1.807) is 7.11 Å². The number of methoxy groups -OCH3 is 1. The highest BCUT2D eigenvalue weighted by molar-refractivity contribution is 6.00. The fourth-order valence-corrected chi connectivity index (χ4v) is 2.20. The second-order valence-corrected chi connectivity index (χ2v) is 4.74. The predicted octanol–water partition coefficient (Wildman–Crippen LogP) is 3.71. The Morgan fingerprint density at radius 2 is 1.94 bits per heavy atom. The standard InChI is InChI=1S/C15H22O2/c1-5-11-15(3,12(2)17-4)14(16)13-9-7-6-8-10-13/h6-10,12H,5,11H2,1-4H3. The molecule has 0 radical (unpaired) electrons. The van der Waals surface area contributed by atoms with Gasteiger partial charge in [-0.15, -0.1) is 0 Å². The zero-order valence-electron chi connectivity index (χ0n) is 11.2. The fourth-order valence-electron chi connectivity index (χ4n) is 2.20. The molecule has 0 aliphatic rings. The number of Topliss-reactive ketones (excluding diaryl/α,β-unsaturated/α-hetero) is 1. The Kier molecular flexibility index (Phi) is 4.88. The first-order valence-corrected chi connectivity index (χ1v) is 6.19. The molecule has 94 valence electrons. The minimum atomic E-state index is -0.440. The molecule has 1 aromatic rings. The lowest BCUT2D eigenvalue weighted by Crippen LogP contribution is -2.39. The molecule has 2 nitrogen and oxygen atoms in total. The van der Waals surface area contributed by atoms with E-state index in [0.717, 1.165) is 18.4 Å². The molecule has 0 aromatic heterocycles. The number of carbonyl (C=O) groups is 1. The van der Waals surface area contributed by atoms with Crippen molar-refractivity contribution in [1.82, 2.24) is 0 Å². The van der Waals surface area contributed by atoms with Crippen LogP contribution in [0.1, 0.15) is 44.0 Å². The van der Waals surface area contributed by atoms with Crippen LogP contribution in [-0.4, -0.2) is 19.0 Å². The first kappa shape index (κ1) is 13.9. The highest BCUT2D eigenvalue weighted by Gasteiger charge is 2.38. The number of ketones is 1. The molecule has 0 aliphatic carbocycles. The van der Waals surface area contributed by atoms with Crippen LogP contribution in [0.2, 0.25) is 0 Å². The molecule has 0 saturated heterocycles. The lowest BCUT2D eigenvalue weighted by molar-refractivity contribution is 0.0105. The normalized spacial score (nSPS) is 16.2. The molecule has 0 N–H and O–H groups in total. The number of ether oxygens (including phenoxy) is 1. The number of hydrogen-bond acceptors (Lipinski definition) is 2. The summed E-state index contributed by atoms with van der Waals surface area (Å²) in [6.45, 7) is 6.06. The number of benzene rings is 1. The van der Waals surface area contributed by atoms with Gasteiger partial charge < -0.3 is 4.74 Å². The van der Waals surface area contributed by atoms with Crippen molar-refractivity contribution < 1.29 is 9.53 Å². The van der Waals surface area contributed by atoms with E-state index in [1.807, 2.05) is 44.2 Å². The topological polar surface area (TPSA) is 26.3 Å². The van der Waals surface area contributed by atoms with Gasteiger partial charge in [-0.3, -0.25) is 4.79 Å². The van der Waals surface area contributed by atoms with Gasteiger partial charge in [0.25, 0.3) is 0 Å². The van der Waals surface area contributed by atoms with Crippen LogP contribution in [0.3, 0.4) is 0 Å². The van der Waals surface area contributed by atoms with Crippen LogP contribution >= 0.6 is 0 Å². The molecule has 2 atom stereocenters. The van der Waals surface area contributed by atoms with E-state index in [0.29, 0.717) is 0 Å². The van der Waals surface area contributed by atoms with Crippen molar-refractivity contribution in [3.05, 3.63) is 35.9 Å². The summed E-state index contributed by atoms with van der Waals surface area (Å²) in [5.41, 5.74) is 0.331. The van der Waals surface area contributed by atoms with E-state index in [-0.39, 0.29) is 11.9 Å². The van der Waals surface area contributed by atoms with E-state index in [9.17, 15) is 4.79 Å². The van der Waals surface area contributed by atoms with Crippen molar-refractivity contribution >= 4 is 5.78 Å². The molecule has 0 aliphatic heterocycles. The van der Waals surface area contributed by atoms with Crippen LogP contribution in [0, 0.1) is 5.41 Å². The van der Waals surface area contributed by atoms with Gasteiger partial charge >= 0.3 is 0 Å². The van der Waals surface area contributed by atoms with E-state index in [4.69, 9.17) is 4.74 Å². The van der Waals surface area contributed by atoms with Gasteiger partial charge in [-0.2, -0.15) is 0 Å². The first-order chi connectivity index (χ1) is 8.06. The molecule has 0 fully saturated rings. The summed E-state index contributed by atoms with van der Waals surface area (Å²) in [6, 6.07) is 9.47. The average molecular weight is 234 g/mol. The van der Waals surface area contributed by atoms with Gasteiger partial charge in [0.05, 0.1) is 11.5 Å². The Hall–Kier alpha value is -1.15. The van der Waals surface area contributed by atoms with E-state index in [1.165, 1.54) is 0 Å². The van der Waals surface area contributed by atoms with Crippen molar-refractivity contribution in [2.75, 3.05) is 7.11 Å². The fraction of sp³-hybridized carbons (Fsp3) is 0.533. The van der Waals surface area contributed by atoms with Crippen LogP contribution in [0.4, 0.5) is 0 Å². The molecule has 2 heteroatoms. The summed E-state index contributed by atoms with van der Waals surface area (Å²) in [5, 5.41) is 0. The van der Waals surface area contributed by atoms with Crippen LogP contribution in [0.15, 0.2) is 30.3 Å². The monoisotopic (exact) mass is 234 g/mol. The van der Waals surface area contributed by atoms with Gasteiger partial charge in [0, 0.05) is 12.7 Å². The maximum atomic E-state index is 12.6. The molecule has 0 heterocycles. The molecule has 1 aromatic carbocycles. The third-order valence-electron chi connectivity index (χ3n) is 3.57. The number of hydrogen-bond donors (Lipinski definition) is 0. The SMILES string of the molecule is CCCC(C)(C(=O)c1ccccc1)C(C)OC. The maximum absolute atomic E-state index is 12.6.